The number of hydrogen-bond donors (Lipinski definition) is 2. The fourth-order valence-electron chi connectivity index (χ4n) is 8.20. The standard InChI is InChI=1S/C40H56O2.C24H36O2/c1-29(17-13-19-31(3)21-23-37-33(5)25-35(41)27-39(37,7)8)15-11-12-16-30(2)18-14-20-32(4)22-24-38-34(6)26-36(42)28-40(38,9)10;1-3-5-6-7-8-9-10-11-12-13-14-15-16-17-18-19-20-21-22-23-24(25)26-4-2/h11-24,35-36,41-42H,25-28H2,1-10H3;5-6,8-9,11-12,14-15,17-18,20-21H,3-4,7,10,13,16,19,22-23H2,1-2H3/b12-11+,17-13+,18-14+,23-21+,24-22+,29-15+,30-16+,31-19+,32-20+;6-5-,9-8-,12-11-,15-14-,18-17-,21-20-/t35-,36-;/m1./s1. The molecule has 4 nitrogen and oxygen atoms in total. The van der Waals surface area contributed by atoms with Crippen molar-refractivity contribution in [3.05, 3.63) is 203 Å². The summed E-state index contributed by atoms with van der Waals surface area (Å²) in [4.78, 5) is 11.1. The summed E-state index contributed by atoms with van der Waals surface area (Å²) in [5.74, 6) is -0.118. The van der Waals surface area contributed by atoms with E-state index in [9.17, 15) is 15.0 Å². The lowest BCUT2D eigenvalue weighted by atomic mass is 9.71. The van der Waals surface area contributed by atoms with Crippen LogP contribution in [0.1, 0.15) is 160 Å². The Hall–Kier alpha value is -5.03. The number of carbonyl (C=O) groups is 1. The maximum atomic E-state index is 11.1. The second kappa shape index (κ2) is 36.0. The molecule has 2 N–H and O–H groups in total. The van der Waals surface area contributed by atoms with Crippen LogP contribution >= 0.6 is 0 Å². The summed E-state index contributed by atoms with van der Waals surface area (Å²) in [6, 6.07) is 0. The Kier molecular flexibility index (Phi) is 32.3. The maximum Gasteiger partial charge on any atom is 0.306 e. The minimum atomic E-state index is -0.227. The number of hydrogen-bond acceptors (Lipinski definition) is 4. The molecule has 2 aliphatic carbocycles. The highest BCUT2D eigenvalue weighted by Crippen LogP contribution is 2.42. The first-order valence-electron chi connectivity index (χ1n) is 25.3. The second-order valence-electron chi connectivity index (χ2n) is 19.5. The van der Waals surface area contributed by atoms with Crippen molar-refractivity contribution in [1.29, 1.82) is 0 Å². The Labute approximate surface area is 416 Å². The van der Waals surface area contributed by atoms with Gasteiger partial charge in [0.15, 0.2) is 0 Å². The van der Waals surface area contributed by atoms with E-state index in [4.69, 9.17) is 4.74 Å². The Morgan fingerprint density at radius 1 is 0.529 bits per heavy atom. The average molecular weight is 925 g/mol. The molecule has 0 aromatic heterocycles. The van der Waals surface area contributed by atoms with E-state index in [1.54, 1.807) is 0 Å². The molecule has 0 spiro atoms. The highest BCUT2D eigenvalue weighted by Gasteiger charge is 2.32. The first-order chi connectivity index (χ1) is 32.4. The fourth-order valence-corrected chi connectivity index (χ4v) is 8.20. The molecule has 0 aromatic rings. The van der Waals surface area contributed by atoms with Crippen LogP contribution in [0.25, 0.3) is 0 Å². The van der Waals surface area contributed by atoms with Crippen LogP contribution in [0.4, 0.5) is 0 Å². The smallest absolute Gasteiger partial charge is 0.306 e. The summed E-state index contributed by atoms with van der Waals surface area (Å²) >= 11 is 0. The van der Waals surface area contributed by atoms with E-state index in [-0.39, 0.29) is 29.0 Å². The van der Waals surface area contributed by atoms with Gasteiger partial charge in [-0.2, -0.15) is 0 Å². The third-order valence-corrected chi connectivity index (χ3v) is 11.7. The molecule has 0 radical (unpaired) electrons. The van der Waals surface area contributed by atoms with E-state index in [0.717, 1.165) is 70.6 Å². The first-order valence-corrected chi connectivity index (χ1v) is 25.3. The van der Waals surface area contributed by atoms with Crippen molar-refractivity contribution in [3.8, 4) is 0 Å². The highest BCUT2D eigenvalue weighted by molar-refractivity contribution is 5.69. The monoisotopic (exact) mass is 925 g/mol. The minimum absolute atomic E-state index is 0.00547. The first kappa shape index (κ1) is 61.0. The lowest BCUT2D eigenvalue weighted by molar-refractivity contribution is -0.143. The van der Waals surface area contributed by atoms with Crippen LogP contribution in [-0.2, 0) is 9.53 Å². The molecule has 4 heteroatoms. The van der Waals surface area contributed by atoms with Gasteiger partial charge in [-0.25, -0.2) is 0 Å². The highest BCUT2D eigenvalue weighted by atomic mass is 16.5. The molecule has 2 rings (SSSR count). The van der Waals surface area contributed by atoms with E-state index in [0.29, 0.717) is 13.0 Å². The lowest BCUT2D eigenvalue weighted by Gasteiger charge is -2.35. The fraction of sp³-hybridized carbons (Fsp3) is 0.453. The number of allylic oxidation sites excluding steroid dienone is 32. The summed E-state index contributed by atoms with van der Waals surface area (Å²) in [5, 5.41) is 20.2. The van der Waals surface area contributed by atoms with E-state index < -0.39 is 0 Å². The van der Waals surface area contributed by atoms with Crippen molar-refractivity contribution in [2.75, 3.05) is 6.61 Å². The van der Waals surface area contributed by atoms with Crippen LogP contribution in [0.3, 0.4) is 0 Å². The van der Waals surface area contributed by atoms with Gasteiger partial charge >= 0.3 is 5.97 Å². The summed E-state index contributed by atoms with van der Waals surface area (Å²) < 4.78 is 4.87. The molecule has 2 aliphatic rings. The van der Waals surface area contributed by atoms with Crippen molar-refractivity contribution in [2.45, 2.75) is 172 Å². The zero-order valence-corrected chi connectivity index (χ0v) is 44.6. The molecule has 68 heavy (non-hydrogen) atoms. The van der Waals surface area contributed by atoms with Crippen molar-refractivity contribution >= 4 is 5.97 Å². The molecule has 0 bridgehead atoms. The molecule has 0 aliphatic heterocycles. The maximum absolute atomic E-state index is 11.1. The Morgan fingerprint density at radius 2 is 0.868 bits per heavy atom. The van der Waals surface area contributed by atoms with Crippen molar-refractivity contribution in [3.63, 3.8) is 0 Å². The normalized spacial score (nSPS) is 20.4. The van der Waals surface area contributed by atoms with Crippen molar-refractivity contribution in [1.82, 2.24) is 0 Å². The summed E-state index contributed by atoms with van der Waals surface area (Å²) in [6.45, 7) is 26.0. The molecule has 0 unspecified atom stereocenters. The molecule has 0 saturated heterocycles. The van der Waals surface area contributed by atoms with E-state index in [1.807, 2.05) is 13.0 Å². The van der Waals surface area contributed by atoms with Gasteiger partial charge in [0.2, 0.25) is 0 Å². The molecule has 2 atom stereocenters. The van der Waals surface area contributed by atoms with Gasteiger partial charge in [0, 0.05) is 6.42 Å². The zero-order valence-electron chi connectivity index (χ0n) is 44.6. The minimum Gasteiger partial charge on any atom is -0.466 e. The van der Waals surface area contributed by atoms with Gasteiger partial charge in [0.05, 0.1) is 18.8 Å². The quantitative estimate of drug-likeness (QED) is 0.0544. The lowest BCUT2D eigenvalue weighted by Crippen LogP contribution is -2.28. The number of ether oxygens (including phenoxy) is 1. The van der Waals surface area contributed by atoms with Crippen LogP contribution < -0.4 is 0 Å². The van der Waals surface area contributed by atoms with Gasteiger partial charge in [-0.3, -0.25) is 4.79 Å². The third-order valence-electron chi connectivity index (χ3n) is 11.7. The number of esters is 1. The molecular weight excluding hydrogens is 833 g/mol. The van der Waals surface area contributed by atoms with Crippen LogP contribution in [0, 0.1) is 10.8 Å². The third kappa shape index (κ3) is 29.7. The van der Waals surface area contributed by atoms with Gasteiger partial charge in [0.1, 0.15) is 0 Å². The van der Waals surface area contributed by atoms with Gasteiger partial charge < -0.3 is 14.9 Å². The number of aliphatic hydroxyl groups is 2. The Balaban J connectivity index is 0.000000765. The van der Waals surface area contributed by atoms with Gasteiger partial charge in [-0.15, -0.1) is 0 Å². The van der Waals surface area contributed by atoms with Crippen LogP contribution in [0.15, 0.2) is 203 Å². The number of aliphatic hydroxyl groups excluding tert-OH is 2. The summed E-state index contributed by atoms with van der Waals surface area (Å²) in [5.41, 5.74) is 10.1. The number of rotatable bonds is 25. The number of carbonyl (C=O) groups excluding carboxylic acids is 1. The average Bonchev–Trinajstić information content (AvgIpc) is 3.25. The van der Waals surface area contributed by atoms with Crippen molar-refractivity contribution < 1.29 is 19.7 Å². The van der Waals surface area contributed by atoms with E-state index in [2.05, 4.69) is 228 Å². The molecule has 0 amide bonds. The Morgan fingerprint density at radius 3 is 1.22 bits per heavy atom. The van der Waals surface area contributed by atoms with Crippen LogP contribution in [-0.4, -0.2) is 35.0 Å². The van der Waals surface area contributed by atoms with Gasteiger partial charge in [-0.1, -0.05) is 226 Å². The molecule has 0 saturated carbocycles. The van der Waals surface area contributed by atoms with Crippen LogP contribution in [0.2, 0.25) is 0 Å². The van der Waals surface area contributed by atoms with E-state index >= 15 is 0 Å². The topological polar surface area (TPSA) is 66.8 Å². The second-order valence-corrected chi connectivity index (χ2v) is 19.5. The van der Waals surface area contributed by atoms with Crippen LogP contribution in [0.5, 0.6) is 0 Å². The van der Waals surface area contributed by atoms with Gasteiger partial charge in [0.25, 0.3) is 0 Å². The van der Waals surface area contributed by atoms with E-state index in [1.165, 1.54) is 44.6 Å². The molecule has 0 aromatic carbocycles. The molecule has 372 valence electrons. The van der Waals surface area contributed by atoms with Gasteiger partial charge in [-0.05, 0) is 141 Å². The predicted molar refractivity (Wildman–Crippen MR) is 298 cm³/mol. The molecule has 0 fully saturated rings. The Bertz CT molecular complexity index is 1940. The zero-order chi connectivity index (χ0) is 50.6. The summed E-state index contributed by atoms with van der Waals surface area (Å²) in [7, 11) is 0. The molecule has 0 heterocycles. The summed E-state index contributed by atoms with van der Waals surface area (Å²) in [6.07, 6.45) is 66.0. The SMILES string of the molecule is CC/C=C\C/C=C\C/C=C\C/C=C\C/C=C\C/C=C\CCC(=O)OCC.CC1=C(/C=C/C(C)=C/C=C/C(C)=C/C=C/C=C(C)/C=C/C=C(C)/C=C/C2=C(C)C[C@@H](O)CC2(C)C)C(C)(C)C[C@H](O)C1. The largest absolute Gasteiger partial charge is 0.466 e. The predicted octanol–water partition coefficient (Wildman–Crippen LogP) is 17.6. The van der Waals surface area contributed by atoms with Crippen molar-refractivity contribution in [2.24, 2.45) is 10.8 Å². The molecular formula is C64H92O4.